The summed E-state index contributed by atoms with van der Waals surface area (Å²) in [6.45, 7) is 0.146. The van der Waals surface area contributed by atoms with Gasteiger partial charge in [0.05, 0.1) is 34.1 Å². The van der Waals surface area contributed by atoms with Gasteiger partial charge in [0.1, 0.15) is 0 Å². The highest BCUT2D eigenvalue weighted by Gasteiger charge is 2.43. The molecule has 6 aromatic rings. The van der Waals surface area contributed by atoms with Gasteiger partial charge in [-0.25, -0.2) is 0 Å². The Hall–Kier alpha value is -4.14. The van der Waals surface area contributed by atoms with Gasteiger partial charge in [-0.3, -0.25) is 0 Å². The van der Waals surface area contributed by atoms with Crippen LogP contribution in [0.5, 0.6) is 0 Å². The van der Waals surface area contributed by atoms with Crippen molar-refractivity contribution in [3.05, 3.63) is 150 Å². The lowest BCUT2D eigenvalue weighted by Gasteiger charge is -2.42. The first-order valence-corrected chi connectivity index (χ1v) is 20.0. The molecule has 1 aliphatic carbocycles. The standard InChI is InChI=1S/C42H27BN2S4/c1-7-19-34-26(13-1)43-27-14-2-8-20-35(27)49-42-33(45-30-17-5-11-23-38(30)47-39-24-12-6-18-31(39)45)25-32(41(48-34)40(42)43)44-28-15-3-9-21-36(28)46-37-22-10-4-16-29(37)44/h1-11,13-23,25H,12,24H2. The average molecular weight is 699 g/mol. The van der Waals surface area contributed by atoms with Crippen LogP contribution in [0.1, 0.15) is 12.8 Å². The minimum atomic E-state index is 0.146. The van der Waals surface area contributed by atoms with Crippen LogP contribution in [0.25, 0.3) is 0 Å². The Bertz CT molecular complexity index is 2400. The molecule has 0 spiro atoms. The predicted molar refractivity (Wildman–Crippen MR) is 211 cm³/mol. The normalized spacial score (nSPS) is 16.2. The molecule has 49 heavy (non-hydrogen) atoms. The number of benzene rings is 6. The van der Waals surface area contributed by atoms with Gasteiger partial charge in [0.25, 0.3) is 0 Å². The van der Waals surface area contributed by atoms with Crippen LogP contribution in [-0.4, -0.2) is 6.71 Å². The molecule has 6 aromatic carbocycles. The monoisotopic (exact) mass is 698 g/mol. The molecule has 0 unspecified atom stereocenters. The number of hydrogen-bond donors (Lipinski definition) is 0. The van der Waals surface area contributed by atoms with Crippen LogP contribution >= 0.6 is 47.0 Å². The summed E-state index contributed by atoms with van der Waals surface area (Å²) in [7, 11) is 0. The largest absolute Gasteiger partial charge is 0.307 e. The number of para-hydroxylation sites is 3. The lowest BCUT2D eigenvalue weighted by molar-refractivity contribution is 0.964. The molecule has 11 rings (SSSR count). The summed E-state index contributed by atoms with van der Waals surface area (Å²) < 4.78 is 0. The number of anilines is 5. The van der Waals surface area contributed by atoms with E-state index in [-0.39, 0.29) is 6.71 Å². The third-order valence-corrected chi connectivity index (χ3v) is 14.8. The van der Waals surface area contributed by atoms with Gasteiger partial charge < -0.3 is 9.80 Å². The zero-order chi connectivity index (χ0) is 32.1. The van der Waals surface area contributed by atoms with Crippen molar-refractivity contribution in [2.75, 3.05) is 9.80 Å². The molecule has 0 saturated carbocycles. The van der Waals surface area contributed by atoms with Crippen molar-refractivity contribution in [1.29, 1.82) is 0 Å². The first kappa shape index (κ1) is 28.7. The van der Waals surface area contributed by atoms with Gasteiger partial charge in [0, 0.05) is 39.2 Å². The fourth-order valence-electron chi connectivity index (χ4n) is 7.92. The van der Waals surface area contributed by atoms with Gasteiger partial charge >= 0.3 is 0 Å². The van der Waals surface area contributed by atoms with E-state index in [4.69, 9.17) is 0 Å². The van der Waals surface area contributed by atoms with Crippen molar-refractivity contribution >= 4 is 98.6 Å². The second-order valence-corrected chi connectivity index (χ2v) is 17.1. The van der Waals surface area contributed by atoms with E-state index in [1.54, 1.807) is 0 Å². The Morgan fingerprint density at radius 3 is 1.57 bits per heavy atom. The fourth-order valence-corrected chi connectivity index (χ4v) is 12.7. The number of allylic oxidation sites excluding steroid dienone is 3. The van der Waals surface area contributed by atoms with Gasteiger partial charge in [-0.2, -0.15) is 0 Å². The lowest BCUT2D eigenvalue weighted by atomic mass is 9.36. The second-order valence-electron chi connectivity index (χ2n) is 12.7. The van der Waals surface area contributed by atoms with Crippen LogP contribution < -0.4 is 26.2 Å². The molecule has 0 atom stereocenters. The average Bonchev–Trinajstić information content (AvgIpc) is 3.16. The van der Waals surface area contributed by atoms with E-state index in [1.807, 2.05) is 47.0 Å². The predicted octanol–water partition coefficient (Wildman–Crippen LogP) is 10.9. The van der Waals surface area contributed by atoms with Gasteiger partial charge in [0.15, 0.2) is 0 Å². The molecule has 2 nitrogen and oxygen atoms in total. The molecule has 0 amide bonds. The summed E-state index contributed by atoms with van der Waals surface area (Å²) in [5.41, 5.74) is 11.8. The van der Waals surface area contributed by atoms with Crippen molar-refractivity contribution in [3.8, 4) is 0 Å². The van der Waals surface area contributed by atoms with Crippen LogP contribution in [0.2, 0.25) is 0 Å². The quantitative estimate of drug-likeness (QED) is 0.165. The van der Waals surface area contributed by atoms with E-state index in [2.05, 4.69) is 149 Å². The third kappa shape index (κ3) is 4.29. The molecular formula is C42H27BN2S4. The van der Waals surface area contributed by atoms with E-state index in [0.29, 0.717) is 0 Å². The Balaban J connectivity index is 1.28. The van der Waals surface area contributed by atoms with Crippen LogP contribution in [-0.2, 0) is 0 Å². The third-order valence-electron chi connectivity index (χ3n) is 9.99. The minimum Gasteiger partial charge on any atom is -0.307 e. The van der Waals surface area contributed by atoms with Crippen LogP contribution in [0.4, 0.5) is 28.4 Å². The zero-order valence-electron chi connectivity index (χ0n) is 26.3. The molecule has 0 saturated heterocycles. The summed E-state index contributed by atoms with van der Waals surface area (Å²) in [5.74, 6) is 0. The van der Waals surface area contributed by atoms with Crippen LogP contribution in [0.15, 0.2) is 184 Å². The summed E-state index contributed by atoms with van der Waals surface area (Å²) in [5, 5.41) is 0. The lowest BCUT2D eigenvalue weighted by Crippen LogP contribution is -2.58. The Morgan fingerprint density at radius 2 is 0.959 bits per heavy atom. The molecule has 4 heterocycles. The number of thioether (sulfide) groups is 1. The summed E-state index contributed by atoms with van der Waals surface area (Å²) in [6.07, 6.45) is 6.89. The summed E-state index contributed by atoms with van der Waals surface area (Å²) in [6, 6.07) is 47.5. The van der Waals surface area contributed by atoms with Crippen molar-refractivity contribution in [2.24, 2.45) is 0 Å². The second kappa shape index (κ2) is 11.2. The number of rotatable bonds is 2. The molecule has 7 heteroatoms. The smallest absolute Gasteiger partial charge is 0.247 e. The van der Waals surface area contributed by atoms with Gasteiger partial charge in [-0.1, -0.05) is 137 Å². The Labute approximate surface area is 303 Å². The highest BCUT2D eigenvalue weighted by Crippen LogP contribution is 2.58. The molecule has 4 aliphatic heterocycles. The summed E-state index contributed by atoms with van der Waals surface area (Å²) >= 11 is 7.73. The maximum Gasteiger partial charge on any atom is 0.247 e. The van der Waals surface area contributed by atoms with E-state index in [1.165, 1.54) is 89.7 Å². The number of fused-ring (bicyclic) bond motifs is 7. The molecule has 232 valence electrons. The molecule has 0 fully saturated rings. The molecule has 0 radical (unpaired) electrons. The van der Waals surface area contributed by atoms with E-state index < -0.39 is 0 Å². The van der Waals surface area contributed by atoms with Crippen LogP contribution in [0, 0.1) is 0 Å². The topological polar surface area (TPSA) is 6.48 Å². The molecule has 5 aliphatic rings. The zero-order valence-corrected chi connectivity index (χ0v) is 29.6. The Kier molecular flexibility index (Phi) is 6.55. The first-order chi connectivity index (χ1) is 24.3. The maximum absolute atomic E-state index is 2.59. The van der Waals surface area contributed by atoms with Gasteiger partial charge in [-0.05, 0) is 79.0 Å². The SMILES string of the molecule is C1=CC2=C(CC1)Sc1ccccc1N2c1cc(N2c3ccccc3Sc3ccccc32)c2c3c1Sc1ccccc1B3c1ccccc1S2. The molecule has 0 N–H and O–H groups in total. The Morgan fingerprint density at radius 1 is 0.469 bits per heavy atom. The fraction of sp³-hybridized carbons (Fsp3) is 0.0476. The van der Waals surface area contributed by atoms with Crippen molar-refractivity contribution < 1.29 is 0 Å². The van der Waals surface area contributed by atoms with Crippen molar-refractivity contribution in [3.63, 3.8) is 0 Å². The number of nitrogens with zero attached hydrogens (tertiary/aromatic N) is 2. The maximum atomic E-state index is 2.59. The molecule has 0 bridgehead atoms. The van der Waals surface area contributed by atoms with Gasteiger partial charge in [-0.15, -0.1) is 0 Å². The first-order valence-electron chi connectivity index (χ1n) is 16.7. The van der Waals surface area contributed by atoms with Crippen LogP contribution in [0.3, 0.4) is 0 Å². The van der Waals surface area contributed by atoms with Crippen molar-refractivity contribution in [1.82, 2.24) is 0 Å². The van der Waals surface area contributed by atoms with E-state index in [0.717, 1.165) is 12.8 Å². The van der Waals surface area contributed by atoms with E-state index in [9.17, 15) is 0 Å². The van der Waals surface area contributed by atoms with E-state index >= 15 is 0 Å². The molecule has 0 aromatic heterocycles. The summed E-state index contributed by atoms with van der Waals surface area (Å²) in [4.78, 5) is 15.9. The van der Waals surface area contributed by atoms with Crippen molar-refractivity contribution in [2.45, 2.75) is 47.1 Å². The molecular weight excluding hydrogens is 672 g/mol. The minimum absolute atomic E-state index is 0.146. The number of hydrogen-bond acceptors (Lipinski definition) is 6. The van der Waals surface area contributed by atoms with Gasteiger partial charge in [0.2, 0.25) is 6.71 Å². The highest BCUT2D eigenvalue weighted by molar-refractivity contribution is 8.03. The highest BCUT2D eigenvalue weighted by atomic mass is 32.2.